The van der Waals surface area contributed by atoms with Crippen LogP contribution in [0.15, 0.2) is 53.6 Å². The molecule has 0 spiro atoms. The number of halogens is 1. The van der Waals surface area contributed by atoms with Gasteiger partial charge in [-0.1, -0.05) is 35.9 Å². The maximum absolute atomic E-state index is 12.6. The quantitative estimate of drug-likeness (QED) is 0.654. The summed E-state index contributed by atoms with van der Waals surface area (Å²) in [6, 6.07) is 12.6. The highest BCUT2D eigenvalue weighted by molar-refractivity contribution is 6.32. The van der Waals surface area contributed by atoms with E-state index in [2.05, 4.69) is 4.98 Å². The van der Waals surface area contributed by atoms with Crippen LogP contribution in [0.2, 0.25) is 5.02 Å². The number of nitrogens with zero attached hydrogens (tertiary/aromatic N) is 3. The number of carbonyl (C=O) groups excluding carboxylic acids is 1. The number of ether oxygens (including phenoxy) is 1. The molecule has 0 aliphatic carbocycles. The van der Waals surface area contributed by atoms with Crippen LogP contribution in [0.25, 0.3) is 10.9 Å². The Kier molecular flexibility index (Phi) is 5.76. The van der Waals surface area contributed by atoms with Gasteiger partial charge in [-0.05, 0) is 30.7 Å². The van der Waals surface area contributed by atoms with E-state index in [1.807, 2.05) is 31.2 Å². The van der Waals surface area contributed by atoms with Crippen LogP contribution >= 0.6 is 11.6 Å². The Morgan fingerprint density at radius 1 is 1.22 bits per heavy atom. The molecule has 0 aliphatic heterocycles. The largest absolute Gasteiger partial charge is 0.490 e. The third-order valence-electron chi connectivity index (χ3n) is 4.31. The fourth-order valence-electron chi connectivity index (χ4n) is 2.70. The van der Waals surface area contributed by atoms with Gasteiger partial charge < -0.3 is 9.64 Å². The van der Waals surface area contributed by atoms with E-state index in [9.17, 15) is 9.59 Å². The van der Waals surface area contributed by atoms with Gasteiger partial charge in [0.25, 0.3) is 5.56 Å². The van der Waals surface area contributed by atoms with Gasteiger partial charge in [0.05, 0.1) is 28.8 Å². The van der Waals surface area contributed by atoms with E-state index in [1.165, 1.54) is 15.8 Å². The molecule has 6 nitrogen and oxygen atoms in total. The first-order valence-electron chi connectivity index (χ1n) is 8.53. The van der Waals surface area contributed by atoms with Crippen LogP contribution in [0.3, 0.4) is 0 Å². The molecule has 140 valence electrons. The van der Waals surface area contributed by atoms with E-state index in [4.69, 9.17) is 16.3 Å². The molecule has 0 N–H and O–H groups in total. The number of amides is 1. The summed E-state index contributed by atoms with van der Waals surface area (Å²) in [6.07, 6.45) is 1.42. The van der Waals surface area contributed by atoms with Crippen molar-refractivity contribution in [1.82, 2.24) is 14.5 Å². The van der Waals surface area contributed by atoms with Crippen molar-refractivity contribution in [2.45, 2.75) is 13.5 Å². The van der Waals surface area contributed by atoms with Crippen LogP contribution in [0.5, 0.6) is 5.75 Å². The normalized spacial score (nSPS) is 10.8. The molecule has 0 bridgehead atoms. The Bertz CT molecular complexity index is 1030. The van der Waals surface area contributed by atoms with Gasteiger partial charge in [0.2, 0.25) is 5.91 Å². The van der Waals surface area contributed by atoms with Crippen LogP contribution in [0.4, 0.5) is 0 Å². The zero-order chi connectivity index (χ0) is 19.4. The maximum Gasteiger partial charge on any atom is 0.261 e. The fraction of sp³-hybridized carbons (Fsp3) is 0.250. The lowest BCUT2D eigenvalue weighted by Gasteiger charge is -2.18. The standard InChI is InChI=1S/C20H20ClN3O3/c1-14-6-5-7-15-19(14)22-13-24(20(15)26)12-18(25)23(2)10-11-27-17-9-4-3-8-16(17)21/h3-9,13H,10-12H2,1-2H3. The van der Waals surface area contributed by atoms with Gasteiger partial charge >= 0.3 is 0 Å². The number of para-hydroxylation sites is 2. The first-order chi connectivity index (χ1) is 13.0. The van der Waals surface area contributed by atoms with Gasteiger partial charge in [0.1, 0.15) is 18.9 Å². The molecule has 0 aliphatic rings. The molecule has 2 aromatic carbocycles. The number of likely N-dealkylation sites (N-methyl/N-ethyl adjacent to an activating group) is 1. The highest BCUT2D eigenvalue weighted by atomic mass is 35.5. The molecule has 27 heavy (non-hydrogen) atoms. The van der Waals surface area contributed by atoms with Gasteiger partial charge in [0.15, 0.2) is 0 Å². The van der Waals surface area contributed by atoms with Crippen LogP contribution in [-0.2, 0) is 11.3 Å². The van der Waals surface area contributed by atoms with Crippen molar-refractivity contribution < 1.29 is 9.53 Å². The summed E-state index contributed by atoms with van der Waals surface area (Å²) < 4.78 is 6.92. The topological polar surface area (TPSA) is 64.4 Å². The lowest BCUT2D eigenvalue weighted by atomic mass is 10.1. The number of rotatable bonds is 6. The number of benzene rings is 2. The van der Waals surface area contributed by atoms with Crippen LogP contribution in [-0.4, -0.2) is 40.6 Å². The summed E-state index contributed by atoms with van der Waals surface area (Å²) in [5.41, 5.74) is 1.36. The van der Waals surface area contributed by atoms with Gasteiger partial charge in [-0.25, -0.2) is 4.98 Å². The van der Waals surface area contributed by atoms with Crippen LogP contribution in [0, 0.1) is 6.92 Å². The molecule has 1 heterocycles. The summed E-state index contributed by atoms with van der Waals surface area (Å²) >= 11 is 6.04. The van der Waals surface area contributed by atoms with Crippen molar-refractivity contribution in [1.29, 1.82) is 0 Å². The number of carbonyl (C=O) groups is 1. The molecular weight excluding hydrogens is 366 g/mol. The van der Waals surface area contributed by atoms with Crippen molar-refractivity contribution in [3.63, 3.8) is 0 Å². The minimum Gasteiger partial charge on any atom is -0.490 e. The molecule has 0 saturated carbocycles. The fourth-order valence-corrected chi connectivity index (χ4v) is 2.89. The van der Waals surface area contributed by atoms with Crippen molar-refractivity contribution >= 4 is 28.4 Å². The van der Waals surface area contributed by atoms with E-state index in [-0.39, 0.29) is 18.0 Å². The zero-order valence-electron chi connectivity index (χ0n) is 15.2. The Morgan fingerprint density at radius 3 is 2.78 bits per heavy atom. The lowest BCUT2D eigenvalue weighted by Crippen LogP contribution is -2.36. The highest BCUT2D eigenvalue weighted by Gasteiger charge is 2.13. The molecule has 7 heteroatoms. The Balaban J connectivity index is 1.63. The molecule has 0 radical (unpaired) electrons. The van der Waals surface area contributed by atoms with Gasteiger partial charge in [-0.3, -0.25) is 14.2 Å². The smallest absolute Gasteiger partial charge is 0.261 e. The molecule has 1 aromatic heterocycles. The Labute approximate surface area is 162 Å². The van der Waals surface area contributed by atoms with Crippen molar-refractivity contribution in [3.05, 3.63) is 69.7 Å². The molecule has 0 atom stereocenters. The maximum atomic E-state index is 12.6. The lowest BCUT2D eigenvalue weighted by molar-refractivity contribution is -0.130. The molecular formula is C20H20ClN3O3. The molecule has 3 aromatic rings. The predicted molar refractivity (Wildman–Crippen MR) is 105 cm³/mol. The first-order valence-corrected chi connectivity index (χ1v) is 8.91. The van der Waals surface area contributed by atoms with E-state index >= 15 is 0 Å². The average molecular weight is 386 g/mol. The third-order valence-corrected chi connectivity index (χ3v) is 4.62. The van der Waals surface area contributed by atoms with E-state index in [0.717, 1.165) is 5.56 Å². The Hall–Kier alpha value is -2.86. The van der Waals surface area contributed by atoms with Gasteiger partial charge in [-0.15, -0.1) is 0 Å². The average Bonchev–Trinajstić information content (AvgIpc) is 2.66. The first kappa shape index (κ1) is 18.9. The summed E-state index contributed by atoms with van der Waals surface area (Å²) in [5.74, 6) is 0.374. The highest BCUT2D eigenvalue weighted by Crippen LogP contribution is 2.22. The van der Waals surface area contributed by atoms with Gasteiger partial charge in [-0.2, -0.15) is 0 Å². The van der Waals surface area contributed by atoms with Crippen molar-refractivity contribution in [2.24, 2.45) is 0 Å². The summed E-state index contributed by atoms with van der Waals surface area (Å²) in [6.45, 7) is 2.50. The summed E-state index contributed by atoms with van der Waals surface area (Å²) in [4.78, 5) is 30.9. The Morgan fingerprint density at radius 2 is 2.00 bits per heavy atom. The van der Waals surface area contributed by atoms with Crippen LogP contribution < -0.4 is 10.3 Å². The minimum atomic E-state index is -0.224. The zero-order valence-corrected chi connectivity index (χ0v) is 15.9. The second-order valence-corrected chi connectivity index (χ2v) is 6.65. The molecule has 0 saturated heterocycles. The van der Waals surface area contributed by atoms with Crippen molar-refractivity contribution in [2.75, 3.05) is 20.2 Å². The number of aryl methyl sites for hydroxylation is 1. The minimum absolute atomic E-state index is 0.0711. The number of aromatic nitrogens is 2. The second-order valence-electron chi connectivity index (χ2n) is 6.24. The summed E-state index contributed by atoms with van der Waals surface area (Å²) in [5, 5.41) is 1.03. The monoisotopic (exact) mass is 385 g/mol. The number of fused-ring (bicyclic) bond motifs is 1. The number of hydrogen-bond acceptors (Lipinski definition) is 4. The van der Waals surface area contributed by atoms with Crippen LogP contribution in [0.1, 0.15) is 5.56 Å². The molecule has 0 unspecified atom stereocenters. The van der Waals surface area contributed by atoms with Gasteiger partial charge in [0, 0.05) is 7.05 Å². The molecule has 0 fully saturated rings. The molecule has 3 rings (SSSR count). The second kappa shape index (κ2) is 8.22. The SMILES string of the molecule is Cc1cccc2c(=O)n(CC(=O)N(C)CCOc3ccccc3Cl)cnc12. The number of hydrogen-bond donors (Lipinski definition) is 0. The predicted octanol–water partition coefficient (Wildman–Crippen LogP) is 2.90. The van der Waals surface area contributed by atoms with Crippen molar-refractivity contribution in [3.8, 4) is 5.75 Å². The third kappa shape index (κ3) is 4.28. The van der Waals surface area contributed by atoms with E-state index in [0.29, 0.717) is 34.8 Å². The van der Waals surface area contributed by atoms with E-state index in [1.54, 1.807) is 25.2 Å². The van der Waals surface area contributed by atoms with E-state index < -0.39 is 0 Å². The molecule has 1 amide bonds. The summed E-state index contributed by atoms with van der Waals surface area (Å²) in [7, 11) is 1.67.